The monoisotopic (exact) mass is 386 g/mol. The van der Waals surface area contributed by atoms with Crippen molar-refractivity contribution in [2.45, 2.75) is 40.2 Å². The van der Waals surface area contributed by atoms with Gasteiger partial charge in [0.1, 0.15) is 0 Å². The largest absolute Gasteiger partial charge is 0.442 e. The van der Waals surface area contributed by atoms with E-state index in [1.54, 1.807) is 42.5 Å². The third-order valence-corrected chi connectivity index (χ3v) is 7.88. The lowest BCUT2D eigenvalue weighted by Gasteiger charge is -2.27. The van der Waals surface area contributed by atoms with Crippen molar-refractivity contribution in [2.24, 2.45) is 0 Å². The average molecular weight is 386 g/mol. The van der Waals surface area contributed by atoms with Crippen molar-refractivity contribution >= 4 is 21.6 Å². The Hall–Kier alpha value is -1.47. The maximum absolute atomic E-state index is 13.2. The van der Waals surface area contributed by atoms with Gasteiger partial charge in [-0.1, -0.05) is 42.5 Å². The van der Waals surface area contributed by atoms with E-state index < -0.39 is 25.8 Å². The second-order valence-electron chi connectivity index (χ2n) is 5.97. The second kappa shape index (κ2) is 7.03. The van der Waals surface area contributed by atoms with Crippen LogP contribution in [0.5, 0.6) is 0 Å². The highest BCUT2D eigenvalue weighted by Crippen LogP contribution is 2.49. The number of rotatable bonds is 3. The van der Waals surface area contributed by atoms with Crippen LogP contribution in [0, 0.1) is 0 Å². The molecule has 1 aliphatic carbocycles. The van der Waals surface area contributed by atoms with Gasteiger partial charge in [-0.05, 0) is 54.3 Å². The molecule has 0 N–H and O–H groups in total. The summed E-state index contributed by atoms with van der Waals surface area (Å²) in [4.78, 5) is 0.0761. The number of sulfone groups is 1. The summed E-state index contributed by atoms with van der Waals surface area (Å²) < 4.78 is 65.7. The molecule has 2 atom stereocenters. The van der Waals surface area contributed by atoms with E-state index in [9.17, 15) is 21.6 Å². The van der Waals surface area contributed by atoms with Gasteiger partial charge in [-0.25, -0.2) is 8.42 Å². The number of alkyl halides is 3. The Morgan fingerprint density at radius 3 is 2.28 bits per heavy atom. The van der Waals surface area contributed by atoms with Gasteiger partial charge in [0.05, 0.1) is 15.4 Å². The van der Waals surface area contributed by atoms with Crippen LogP contribution in [0.1, 0.15) is 29.2 Å². The average Bonchev–Trinajstić information content (AvgIpc) is 2.75. The molecule has 0 heterocycles. The summed E-state index contributed by atoms with van der Waals surface area (Å²) >= 11 is -0.216. The standard InChI is InChI=1S/C18H17F3O2S2/c19-18(20,21)24-17-15-11-5-4-7-13(15)8-6-12-16(17)25(22,23)14-9-2-1-3-10-14/h1-5,7,9-11,16-17H,6,8,12H2/t16-,17-/m0/s1. The van der Waals surface area contributed by atoms with Crippen LogP contribution in [0.15, 0.2) is 59.5 Å². The molecule has 0 amide bonds. The highest BCUT2D eigenvalue weighted by Gasteiger charge is 2.44. The van der Waals surface area contributed by atoms with Crippen LogP contribution in [0.25, 0.3) is 0 Å². The Bertz CT molecular complexity index is 833. The number of hydrogen-bond acceptors (Lipinski definition) is 3. The van der Waals surface area contributed by atoms with Gasteiger partial charge in [0.15, 0.2) is 9.84 Å². The van der Waals surface area contributed by atoms with E-state index in [2.05, 4.69) is 0 Å². The van der Waals surface area contributed by atoms with E-state index >= 15 is 0 Å². The lowest BCUT2D eigenvalue weighted by atomic mass is 10.0. The Labute approximate surface area is 149 Å². The van der Waals surface area contributed by atoms with Crippen LogP contribution < -0.4 is 0 Å². The summed E-state index contributed by atoms with van der Waals surface area (Å²) in [5.41, 5.74) is -3.23. The maximum Gasteiger partial charge on any atom is 0.442 e. The summed E-state index contributed by atoms with van der Waals surface area (Å²) in [5.74, 6) is 0. The van der Waals surface area contributed by atoms with Crippen LogP contribution in [0.3, 0.4) is 0 Å². The number of halogens is 3. The van der Waals surface area contributed by atoms with Crippen molar-refractivity contribution in [1.29, 1.82) is 0 Å². The minimum Gasteiger partial charge on any atom is -0.223 e. The molecule has 134 valence electrons. The lowest BCUT2D eigenvalue weighted by molar-refractivity contribution is -0.0334. The first-order chi connectivity index (χ1) is 11.8. The normalized spacial score (nSPS) is 21.4. The molecule has 2 aromatic carbocycles. The van der Waals surface area contributed by atoms with E-state index in [-0.39, 0.29) is 23.1 Å². The zero-order valence-electron chi connectivity index (χ0n) is 13.2. The molecule has 25 heavy (non-hydrogen) atoms. The topological polar surface area (TPSA) is 34.1 Å². The van der Waals surface area contributed by atoms with Gasteiger partial charge in [-0.3, -0.25) is 0 Å². The zero-order valence-corrected chi connectivity index (χ0v) is 14.9. The summed E-state index contributed by atoms with van der Waals surface area (Å²) in [6, 6.07) is 14.6. The maximum atomic E-state index is 13.2. The zero-order chi connectivity index (χ0) is 18.1. The number of hydrogen-bond donors (Lipinski definition) is 0. The van der Waals surface area contributed by atoms with Crippen LogP contribution in [-0.2, 0) is 16.3 Å². The first-order valence-electron chi connectivity index (χ1n) is 7.90. The fraction of sp³-hybridized carbons (Fsp3) is 0.333. The van der Waals surface area contributed by atoms with Crippen molar-refractivity contribution < 1.29 is 21.6 Å². The third-order valence-electron chi connectivity index (χ3n) is 4.36. The molecule has 1 aliphatic rings. The molecule has 3 rings (SSSR count). The molecule has 0 spiro atoms. The Balaban J connectivity index is 2.10. The number of fused-ring (bicyclic) bond motifs is 1. The quantitative estimate of drug-likeness (QED) is 0.684. The summed E-state index contributed by atoms with van der Waals surface area (Å²) in [7, 11) is -3.87. The molecule has 7 heteroatoms. The predicted octanol–water partition coefficient (Wildman–Crippen LogP) is 5.16. The van der Waals surface area contributed by atoms with Crippen molar-refractivity contribution in [3.05, 3.63) is 65.7 Å². The smallest absolute Gasteiger partial charge is 0.223 e. The second-order valence-corrected chi connectivity index (χ2v) is 9.35. The molecular formula is C18H17F3O2S2. The van der Waals surface area contributed by atoms with Gasteiger partial charge >= 0.3 is 5.51 Å². The van der Waals surface area contributed by atoms with E-state index in [0.29, 0.717) is 18.4 Å². The molecule has 0 unspecified atom stereocenters. The number of thioether (sulfide) groups is 1. The molecular weight excluding hydrogens is 369 g/mol. The van der Waals surface area contributed by atoms with Gasteiger partial charge in [-0.15, -0.1) is 0 Å². The van der Waals surface area contributed by atoms with Gasteiger partial charge in [0.2, 0.25) is 0 Å². The Morgan fingerprint density at radius 2 is 1.60 bits per heavy atom. The van der Waals surface area contributed by atoms with Gasteiger partial charge < -0.3 is 0 Å². The predicted molar refractivity (Wildman–Crippen MR) is 93.2 cm³/mol. The summed E-state index contributed by atoms with van der Waals surface area (Å²) in [5, 5.41) is -2.27. The first kappa shape index (κ1) is 18.3. The SMILES string of the molecule is O=S(=O)(c1ccccc1)[C@H]1CCCc2ccccc2[C@@H]1SC(F)(F)F. The third kappa shape index (κ3) is 4.03. The Kier molecular flexibility index (Phi) is 5.16. The van der Waals surface area contributed by atoms with Crippen molar-refractivity contribution in [1.82, 2.24) is 0 Å². The lowest BCUT2D eigenvalue weighted by Crippen LogP contribution is -2.28. The van der Waals surface area contributed by atoms with Crippen LogP contribution in [0.2, 0.25) is 0 Å². The van der Waals surface area contributed by atoms with Crippen LogP contribution in [0.4, 0.5) is 13.2 Å². The fourth-order valence-electron chi connectivity index (χ4n) is 3.27. The molecule has 0 bridgehead atoms. The van der Waals surface area contributed by atoms with Gasteiger partial charge in [-0.2, -0.15) is 13.2 Å². The molecule has 0 aliphatic heterocycles. The molecule has 0 fully saturated rings. The van der Waals surface area contributed by atoms with Crippen LogP contribution in [-0.4, -0.2) is 19.2 Å². The number of aryl methyl sites for hydroxylation is 1. The molecule has 0 saturated carbocycles. The first-order valence-corrected chi connectivity index (χ1v) is 10.3. The minimum atomic E-state index is -4.51. The van der Waals surface area contributed by atoms with E-state index in [0.717, 1.165) is 5.56 Å². The van der Waals surface area contributed by atoms with Crippen molar-refractivity contribution in [3.63, 3.8) is 0 Å². The minimum absolute atomic E-state index is 0.0761. The van der Waals surface area contributed by atoms with Gasteiger partial charge in [0, 0.05) is 0 Å². The van der Waals surface area contributed by atoms with E-state index in [1.165, 1.54) is 12.1 Å². The summed E-state index contributed by atoms with van der Waals surface area (Å²) in [6.07, 6.45) is 1.34. The highest BCUT2D eigenvalue weighted by atomic mass is 32.2. The van der Waals surface area contributed by atoms with Crippen LogP contribution >= 0.6 is 11.8 Å². The fourth-order valence-corrected chi connectivity index (χ4v) is 6.64. The van der Waals surface area contributed by atoms with Crippen molar-refractivity contribution in [2.75, 3.05) is 0 Å². The summed E-state index contributed by atoms with van der Waals surface area (Å²) in [6.45, 7) is 0. The van der Waals surface area contributed by atoms with E-state index in [4.69, 9.17) is 0 Å². The molecule has 0 saturated heterocycles. The van der Waals surface area contributed by atoms with Gasteiger partial charge in [0.25, 0.3) is 0 Å². The van der Waals surface area contributed by atoms with E-state index in [1.807, 2.05) is 0 Å². The molecule has 0 radical (unpaired) electrons. The highest BCUT2D eigenvalue weighted by molar-refractivity contribution is 8.01. The van der Waals surface area contributed by atoms with Crippen molar-refractivity contribution in [3.8, 4) is 0 Å². The molecule has 0 aromatic heterocycles. The molecule has 2 aromatic rings. The number of benzene rings is 2. The molecule has 2 nitrogen and oxygen atoms in total. The Morgan fingerprint density at radius 1 is 0.960 bits per heavy atom.